The summed E-state index contributed by atoms with van der Waals surface area (Å²) in [5, 5.41) is 5.80. The van der Waals surface area contributed by atoms with Crippen LogP contribution in [-0.2, 0) is 11.3 Å². The minimum atomic E-state index is -0.143. The molecule has 3 aromatic rings. The first-order valence-electron chi connectivity index (χ1n) is 8.59. The Morgan fingerprint density at radius 2 is 1.70 bits per heavy atom. The Kier molecular flexibility index (Phi) is 5.89. The molecule has 0 aliphatic carbocycles. The lowest BCUT2D eigenvalue weighted by Gasteiger charge is -2.17. The van der Waals surface area contributed by atoms with Gasteiger partial charge in [-0.25, -0.2) is 0 Å². The van der Waals surface area contributed by atoms with Crippen LogP contribution in [0.2, 0.25) is 0 Å². The predicted octanol–water partition coefficient (Wildman–Crippen LogP) is 3.28. The summed E-state index contributed by atoms with van der Waals surface area (Å²) in [6.45, 7) is 0.491. The normalized spacial score (nSPS) is 10.3. The number of para-hydroxylation sites is 1. The fraction of sp³-hybridized carbons (Fsp3) is 0.143. The number of rotatable bonds is 7. The molecule has 27 heavy (non-hydrogen) atoms. The van der Waals surface area contributed by atoms with Crippen LogP contribution in [0, 0.1) is 0 Å². The highest BCUT2D eigenvalue weighted by molar-refractivity contribution is 6.05. The molecule has 0 aliphatic rings. The minimum absolute atomic E-state index is 0.0936. The van der Waals surface area contributed by atoms with E-state index in [0.717, 1.165) is 11.4 Å². The van der Waals surface area contributed by atoms with Gasteiger partial charge in [-0.15, -0.1) is 0 Å². The number of carbonyl (C=O) groups excluding carboxylic acids is 2. The third kappa shape index (κ3) is 4.98. The molecule has 0 aliphatic heterocycles. The average molecular weight is 363 g/mol. The van der Waals surface area contributed by atoms with E-state index in [4.69, 9.17) is 4.42 Å². The molecule has 0 saturated heterocycles. The van der Waals surface area contributed by atoms with Gasteiger partial charge in [0, 0.05) is 24.0 Å². The Balaban J connectivity index is 1.51. The van der Waals surface area contributed by atoms with Crippen molar-refractivity contribution < 1.29 is 14.0 Å². The lowest BCUT2D eigenvalue weighted by atomic mass is 10.1. The molecule has 1 aromatic heterocycles. The van der Waals surface area contributed by atoms with Crippen molar-refractivity contribution >= 4 is 23.2 Å². The number of hydrogen-bond acceptors (Lipinski definition) is 4. The van der Waals surface area contributed by atoms with E-state index in [9.17, 15) is 9.59 Å². The molecule has 2 N–H and O–H groups in total. The van der Waals surface area contributed by atoms with Gasteiger partial charge in [-0.05, 0) is 48.5 Å². The summed E-state index contributed by atoms with van der Waals surface area (Å²) in [5.74, 6) is 0.466. The summed E-state index contributed by atoms with van der Waals surface area (Å²) in [4.78, 5) is 26.0. The van der Waals surface area contributed by atoms with Crippen LogP contribution < -0.4 is 15.5 Å². The van der Waals surface area contributed by atoms with E-state index in [2.05, 4.69) is 10.6 Å². The first kappa shape index (κ1) is 18.3. The molecule has 1 heterocycles. The van der Waals surface area contributed by atoms with Gasteiger partial charge >= 0.3 is 0 Å². The van der Waals surface area contributed by atoms with Gasteiger partial charge in [0.25, 0.3) is 5.91 Å². The van der Waals surface area contributed by atoms with Crippen LogP contribution in [0.15, 0.2) is 77.4 Å². The molecule has 3 rings (SSSR count). The highest BCUT2D eigenvalue weighted by Crippen LogP contribution is 2.16. The predicted molar refractivity (Wildman–Crippen MR) is 105 cm³/mol. The van der Waals surface area contributed by atoms with Gasteiger partial charge < -0.3 is 20.0 Å². The van der Waals surface area contributed by atoms with Gasteiger partial charge in [-0.3, -0.25) is 9.59 Å². The number of benzene rings is 2. The number of anilines is 2. The van der Waals surface area contributed by atoms with E-state index >= 15 is 0 Å². The summed E-state index contributed by atoms with van der Waals surface area (Å²) >= 11 is 0. The Bertz CT molecular complexity index is 875. The lowest BCUT2D eigenvalue weighted by Crippen LogP contribution is -2.29. The van der Waals surface area contributed by atoms with Gasteiger partial charge in [-0.1, -0.05) is 18.2 Å². The summed E-state index contributed by atoms with van der Waals surface area (Å²) in [7, 11) is 1.74. The smallest absolute Gasteiger partial charge is 0.258 e. The van der Waals surface area contributed by atoms with Gasteiger partial charge in [0.15, 0.2) is 0 Å². The number of carbonyl (C=O) groups is 2. The first-order valence-corrected chi connectivity index (χ1v) is 8.59. The van der Waals surface area contributed by atoms with Crippen molar-refractivity contribution in [2.24, 2.45) is 0 Å². The quantitative estimate of drug-likeness (QED) is 0.676. The summed E-state index contributed by atoms with van der Waals surface area (Å²) in [5.41, 5.74) is 2.18. The summed E-state index contributed by atoms with van der Waals surface area (Å²) < 4.78 is 5.16. The molecule has 0 spiro atoms. The largest absolute Gasteiger partial charge is 0.467 e. The molecule has 0 atom stereocenters. The molecule has 0 unspecified atom stereocenters. The number of hydrogen-bond donors (Lipinski definition) is 2. The van der Waals surface area contributed by atoms with Crippen LogP contribution in [0.4, 0.5) is 11.4 Å². The van der Waals surface area contributed by atoms with Crippen molar-refractivity contribution in [2.45, 2.75) is 6.54 Å². The number of amides is 2. The molecule has 0 saturated carbocycles. The number of furan rings is 1. The molecule has 138 valence electrons. The Morgan fingerprint density at radius 3 is 2.37 bits per heavy atom. The maximum absolute atomic E-state index is 12.6. The molecule has 0 bridgehead atoms. The van der Waals surface area contributed by atoms with Crippen molar-refractivity contribution in [1.29, 1.82) is 0 Å². The standard InChI is InChI=1S/C21H21N3O3/c1-24(18-6-3-2-4-7-18)21(26)16-9-11-17(12-10-16)22-15-20(25)23-14-19-8-5-13-27-19/h2-13,22H,14-15H2,1H3,(H,23,25). The third-order valence-electron chi connectivity index (χ3n) is 4.07. The van der Waals surface area contributed by atoms with E-state index < -0.39 is 0 Å². The fourth-order valence-corrected chi connectivity index (χ4v) is 2.54. The molecule has 0 radical (unpaired) electrons. The fourth-order valence-electron chi connectivity index (χ4n) is 2.54. The average Bonchev–Trinajstić information content (AvgIpc) is 3.24. The van der Waals surface area contributed by atoms with E-state index in [-0.39, 0.29) is 18.4 Å². The van der Waals surface area contributed by atoms with Gasteiger partial charge in [0.05, 0.1) is 19.4 Å². The minimum Gasteiger partial charge on any atom is -0.467 e. The molecule has 2 aromatic carbocycles. The van der Waals surface area contributed by atoms with E-state index in [1.807, 2.05) is 30.3 Å². The van der Waals surface area contributed by atoms with E-state index in [1.165, 1.54) is 0 Å². The second-order valence-corrected chi connectivity index (χ2v) is 5.99. The van der Waals surface area contributed by atoms with Crippen LogP contribution in [0.1, 0.15) is 16.1 Å². The molecule has 6 nitrogen and oxygen atoms in total. The van der Waals surface area contributed by atoms with Crippen molar-refractivity contribution in [1.82, 2.24) is 5.32 Å². The Hall–Kier alpha value is -3.54. The van der Waals surface area contributed by atoms with Crippen LogP contribution in [0.3, 0.4) is 0 Å². The van der Waals surface area contributed by atoms with Crippen molar-refractivity contribution in [3.8, 4) is 0 Å². The van der Waals surface area contributed by atoms with Gasteiger partial charge in [0.2, 0.25) is 5.91 Å². The zero-order chi connectivity index (χ0) is 19.1. The monoisotopic (exact) mass is 363 g/mol. The lowest BCUT2D eigenvalue weighted by molar-refractivity contribution is -0.119. The molecular formula is C21H21N3O3. The highest BCUT2D eigenvalue weighted by Gasteiger charge is 2.13. The van der Waals surface area contributed by atoms with E-state index in [0.29, 0.717) is 17.9 Å². The first-order chi connectivity index (χ1) is 13.1. The van der Waals surface area contributed by atoms with Crippen LogP contribution in [0.25, 0.3) is 0 Å². The SMILES string of the molecule is CN(C(=O)c1ccc(NCC(=O)NCc2ccco2)cc1)c1ccccc1. The van der Waals surface area contributed by atoms with Crippen LogP contribution in [0.5, 0.6) is 0 Å². The van der Waals surface area contributed by atoms with Crippen LogP contribution >= 0.6 is 0 Å². The topological polar surface area (TPSA) is 74.6 Å². The van der Waals surface area contributed by atoms with Crippen LogP contribution in [-0.4, -0.2) is 25.4 Å². The molecule has 0 fully saturated rings. The second kappa shape index (κ2) is 8.71. The van der Waals surface area contributed by atoms with Crippen molar-refractivity contribution in [3.05, 3.63) is 84.3 Å². The molecule has 2 amide bonds. The Morgan fingerprint density at radius 1 is 0.963 bits per heavy atom. The Labute approximate surface area is 157 Å². The number of nitrogens with zero attached hydrogens (tertiary/aromatic N) is 1. The van der Waals surface area contributed by atoms with Gasteiger partial charge in [0.1, 0.15) is 5.76 Å². The summed E-state index contributed by atoms with van der Waals surface area (Å²) in [6.07, 6.45) is 1.57. The van der Waals surface area contributed by atoms with Crippen molar-refractivity contribution in [3.63, 3.8) is 0 Å². The second-order valence-electron chi connectivity index (χ2n) is 5.99. The molecular weight excluding hydrogens is 342 g/mol. The van der Waals surface area contributed by atoms with E-state index in [1.54, 1.807) is 54.6 Å². The highest BCUT2D eigenvalue weighted by atomic mass is 16.3. The van der Waals surface area contributed by atoms with Crippen molar-refractivity contribution in [2.75, 3.05) is 23.8 Å². The van der Waals surface area contributed by atoms with Gasteiger partial charge in [-0.2, -0.15) is 0 Å². The summed E-state index contributed by atoms with van der Waals surface area (Å²) in [6, 6.07) is 20.1. The number of nitrogens with one attached hydrogen (secondary N) is 2. The zero-order valence-electron chi connectivity index (χ0n) is 15.0. The maximum Gasteiger partial charge on any atom is 0.258 e. The molecule has 6 heteroatoms. The zero-order valence-corrected chi connectivity index (χ0v) is 15.0. The maximum atomic E-state index is 12.6. The third-order valence-corrected chi connectivity index (χ3v) is 4.07.